The normalized spacial score (nSPS) is 19.7. The van der Waals surface area contributed by atoms with E-state index < -0.39 is 0 Å². The van der Waals surface area contributed by atoms with Gasteiger partial charge in [-0.2, -0.15) is 0 Å². The number of urea groups is 1. The molecule has 1 atom stereocenters. The van der Waals surface area contributed by atoms with Crippen LogP contribution in [0, 0.1) is 6.92 Å². The summed E-state index contributed by atoms with van der Waals surface area (Å²) in [6.45, 7) is 5.05. The minimum Gasteiger partial charge on any atom is -0.371 e. The second-order valence-corrected chi connectivity index (χ2v) is 7.15. The largest absolute Gasteiger partial charge is 0.371 e. The minimum atomic E-state index is -0.195. The third-order valence-electron chi connectivity index (χ3n) is 5.28. The molecule has 0 spiro atoms. The van der Waals surface area contributed by atoms with Crippen LogP contribution in [0.2, 0.25) is 0 Å². The van der Waals surface area contributed by atoms with Gasteiger partial charge >= 0.3 is 6.03 Å². The summed E-state index contributed by atoms with van der Waals surface area (Å²) in [4.78, 5) is 14.9. The van der Waals surface area contributed by atoms with E-state index in [4.69, 9.17) is 0 Å². The molecule has 1 aromatic heterocycles. The number of hydrogen-bond donors (Lipinski definition) is 2. The first-order chi connectivity index (χ1) is 12.7. The van der Waals surface area contributed by atoms with E-state index >= 15 is 0 Å². The van der Waals surface area contributed by atoms with Gasteiger partial charge in [-0.25, -0.2) is 4.79 Å². The predicted octanol–water partition coefficient (Wildman–Crippen LogP) is 3.23. The quantitative estimate of drug-likeness (QED) is 0.887. The standard InChI is InChI=1S/C19H26N6O/c1-14-22-23-18-17(9-6-12-25(14)18)21-19(26)20-15-7-5-8-16(13-15)24-10-3-2-4-11-24/h5,7-8,13,17H,2-4,6,9-12H2,1H3,(H2,20,21,26)/t17-/m1/s1. The van der Waals surface area contributed by atoms with Crippen LogP contribution in [0.25, 0.3) is 0 Å². The van der Waals surface area contributed by atoms with Gasteiger partial charge in [0.2, 0.25) is 0 Å². The molecule has 4 rings (SSSR count). The van der Waals surface area contributed by atoms with Crippen molar-refractivity contribution in [2.75, 3.05) is 23.3 Å². The molecular formula is C19H26N6O. The highest BCUT2D eigenvalue weighted by molar-refractivity contribution is 5.90. The van der Waals surface area contributed by atoms with Crippen molar-refractivity contribution in [3.05, 3.63) is 35.9 Å². The van der Waals surface area contributed by atoms with Gasteiger partial charge in [-0.05, 0) is 57.2 Å². The van der Waals surface area contributed by atoms with Crippen LogP contribution in [0.15, 0.2) is 24.3 Å². The number of amides is 2. The average Bonchev–Trinajstić information content (AvgIpc) is 3.05. The van der Waals surface area contributed by atoms with E-state index in [-0.39, 0.29) is 12.1 Å². The van der Waals surface area contributed by atoms with Gasteiger partial charge in [-0.3, -0.25) is 0 Å². The third kappa shape index (κ3) is 3.52. The molecule has 0 saturated carbocycles. The van der Waals surface area contributed by atoms with Crippen molar-refractivity contribution in [1.82, 2.24) is 20.1 Å². The lowest BCUT2D eigenvalue weighted by Gasteiger charge is -2.29. The van der Waals surface area contributed by atoms with Gasteiger partial charge in [0.05, 0.1) is 6.04 Å². The Morgan fingerprint density at radius 2 is 1.96 bits per heavy atom. The van der Waals surface area contributed by atoms with Crippen molar-refractivity contribution in [2.45, 2.75) is 51.6 Å². The molecule has 138 valence electrons. The lowest BCUT2D eigenvalue weighted by Crippen LogP contribution is -2.36. The molecular weight excluding hydrogens is 328 g/mol. The Morgan fingerprint density at radius 1 is 1.12 bits per heavy atom. The van der Waals surface area contributed by atoms with Gasteiger partial charge in [0.1, 0.15) is 5.82 Å². The first-order valence-corrected chi connectivity index (χ1v) is 9.53. The number of piperidine rings is 1. The summed E-state index contributed by atoms with van der Waals surface area (Å²) >= 11 is 0. The topological polar surface area (TPSA) is 75.1 Å². The van der Waals surface area contributed by atoms with Crippen molar-refractivity contribution >= 4 is 17.4 Å². The molecule has 0 unspecified atom stereocenters. The lowest BCUT2D eigenvalue weighted by molar-refractivity contribution is 0.244. The highest BCUT2D eigenvalue weighted by Crippen LogP contribution is 2.25. The summed E-state index contributed by atoms with van der Waals surface area (Å²) in [7, 11) is 0. The summed E-state index contributed by atoms with van der Waals surface area (Å²) < 4.78 is 2.09. The molecule has 0 bridgehead atoms. The summed E-state index contributed by atoms with van der Waals surface area (Å²) in [5, 5.41) is 14.4. The van der Waals surface area contributed by atoms with E-state index in [1.54, 1.807) is 0 Å². The summed E-state index contributed by atoms with van der Waals surface area (Å²) in [6.07, 6.45) is 5.68. The first-order valence-electron chi connectivity index (χ1n) is 9.53. The molecule has 2 aliphatic rings. The maximum absolute atomic E-state index is 12.5. The number of carbonyl (C=O) groups is 1. The Kier molecular flexibility index (Phi) is 4.77. The van der Waals surface area contributed by atoms with E-state index in [9.17, 15) is 4.79 Å². The van der Waals surface area contributed by atoms with Crippen molar-refractivity contribution in [1.29, 1.82) is 0 Å². The van der Waals surface area contributed by atoms with Crippen LogP contribution in [0.5, 0.6) is 0 Å². The number of aryl methyl sites for hydroxylation is 1. The zero-order chi connectivity index (χ0) is 17.9. The van der Waals surface area contributed by atoms with Gasteiger partial charge in [0.15, 0.2) is 5.82 Å². The number of nitrogens with one attached hydrogen (secondary N) is 2. The Balaban J connectivity index is 1.41. The Labute approximate surface area is 153 Å². The van der Waals surface area contributed by atoms with E-state index in [2.05, 4.69) is 42.4 Å². The molecule has 2 N–H and O–H groups in total. The average molecular weight is 354 g/mol. The summed E-state index contributed by atoms with van der Waals surface area (Å²) in [6, 6.07) is 7.81. The number of hydrogen-bond acceptors (Lipinski definition) is 4. The zero-order valence-corrected chi connectivity index (χ0v) is 15.2. The van der Waals surface area contributed by atoms with Gasteiger partial charge in [-0.1, -0.05) is 6.07 Å². The fourth-order valence-corrected chi connectivity index (χ4v) is 3.91. The Morgan fingerprint density at radius 3 is 2.81 bits per heavy atom. The molecule has 2 aliphatic heterocycles. The highest BCUT2D eigenvalue weighted by atomic mass is 16.2. The summed E-state index contributed by atoms with van der Waals surface area (Å²) in [5.74, 6) is 1.76. The van der Waals surface area contributed by atoms with Crippen LogP contribution >= 0.6 is 0 Å². The van der Waals surface area contributed by atoms with Crippen LogP contribution < -0.4 is 15.5 Å². The fourth-order valence-electron chi connectivity index (χ4n) is 3.91. The maximum Gasteiger partial charge on any atom is 0.319 e. The van der Waals surface area contributed by atoms with Crippen molar-refractivity contribution < 1.29 is 4.79 Å². The highest BCUT2D eigenvalue weighted by Gasteiger charge is 2.25. The van der Waals surface area contributed by atoms with Crippen LogP contribution in [0.3, 0.4) is 0 Å². The van der Waals surface area contributed by atoms with Crippen LogP contribution in [0.4, 0.5) is 16.2 Å². The van der Waals surface area contributed by atoms with Crippen LogP contribution in [-0.2, 0) is 6.54 Å². The number of carbonyl (C=O) groups excluding carboxylic acids is 1. The number of rotatable bonds is 3. The van der Waals surface area contributed by atoms with Crippen LogP contribution in [0.1, 0.15) is 49.8 Å². The number of anilines is 2. The number of aromatic nitrogens is 3. The number of benzene rings is 1. The fraction of sp³-hybridized carbons (Fsp3) is 0.526. The Bertz CT molecular complexity index is 780. The molecule has 1 fully saturated rings. The van der Waals surface area contributed by atoms with E-state index in [0.29, 0.717) is 0 Å². The Hall–Kier alpha value is -2.57. The van der Waals surface area contributed by atoms with E-state index in [1.807, 2.05) is 19.1 Å². The smallest absolute Gasteiger partial charge is 0.319 e. The lowest BCUT2D eigenvalue weighted by atomic mass is 10.1. The molecule has 2 amide bonds. The molecule has 7 nitrogen and oxygen atoms in total. The molecule has 2 aromatic rings. The maximum atomic E-state index is 12.5. The van der Waals surface area contributed by atoms with Gasteiger partial charge in [0, 0.05) is 31.0 Å². The second-order valence-electron chi connectivity index (χ2n) is 7.15. The van der Waals surface area contributed by atoms with Crippen molar-refractivity contribution in [3.63, 3.8) is 0 Å². The van der Waals surface area contributed by atoms with Crippen molar-refractivity contribution in [2.24, 2.45) is 0 Å². The molecule has 7 heteroatoms. The second kappa shape index (κ2) is 7.35. The van der Waals surface area contributed by atoms with E-state index in [0.717, 1.165) is 49.8 Å². The van der Waals surface area contributed by atoms with Gasteiger partial charge in [0.25, 0.3) is 0 Å². The number of fused-ring (bicyclic) bond motifs is 1. The monoisotopic (exact) mass is 354 g/mol. The predicted molar refractivity (Wildman–Crippen MR) is 101 cm³/mol. The third-order valence-corrected chi connectivity index (χ3v) is 5.28. The van der Waals surface area contributed by atoms with Gasteiger partial charge in [-0.15, -0.1) is 10.2 Å². The van der Waals surface area contributed by atoms with E-state index in [1.165, 1.54) is 24.9 Å². The summed E-state index contributed by atoms with van der Waals surface area (Å²) in [5.41, 5.74) is 1.99. The molecule has 3 heterocycles. The first kappa shape index (κ1) is 16.9. The van der Waals surface area contributed by atoms with Gasteiger partial charge < -0.3 is 20.1 Å². The molecule has 1 aromatic carbocycles. The molecule has 26 heavy (non-hydrogen) atoms. The number of nitrogens with zero attached hydrogens (tertiary/aromatic N) is 4. The van der Waals surface area contributed by atoms with Crippen molar-refractivity contribution in [3.8, 4) is 0 Å². The van der Waals surface area contributed by atoms with Crippen LogP contribution in [-0.4, -0.2) is 33.9 Å². The molecule has 0 radical (unpaired) electrons. The SMILES string of the molecule is Cc1nnc2n1CCC[C@H]2NC(=O)Nc1cccc(N2CCCCC2)c1. The molecule has 1 saturated heterocycles. The molecule has 0 aliphatic carbocycles. The zero-order valence-electron chi connectivity index (χ0n) is 15.2. The minimum absolute atomic E-state index is 0.0878.